The number of esters is 1. The second-order valence-corrected chi connectivity index (χ2v) is 8.34. The van der Waals surface area contributed by atoms with Gasteiger partial charge in [-0.15, -0.1) is 0 Å². The Morgan fingerprint density at radius 2 is 1.58 bits per heavy atom. The van der Waals surface area contributed by atoms with Crippen LogP contribution < -0.4 is 0 Å². The summed E-state index contributed by atoms with van der Waals surface area (Å²) in [6.07, 6.45) is 3.38. The number of methoxy groups -OCH3 is 1. The third kappa shape index (κ3) is 3.58. The number of fused-ring (bicyclic) bond motifs is 1. The van der Waals surface area contributed by atoms with Crippen LogP contribution in [0.2, 0.25) is 0 Å². The van der Waals surface area contributed by atoms with E-state index in [1.807, 2.05) is 18.4 Å². The van der Waals surface area contributed by atoms with E-state index in [1.165, 1.54) is 12.0 Å². The number of hydrogen-bond acceptors (Lipinski definition) is 5. The number of ketones is 1. The lowest BCUT2D eigenvalue weighted by Crippen LogP contribution is -2.36. The van der Waals surface area contributed by atoms with E-state index in [2.05, 4.69) is 0 Å². The monoisotopic (exact) mass is 422 g/mol. The number of benzene rings is 1. The first-order valence-corrected chi connectivity index (χ1v) is 10.6. The minimum atomic E-state index is -0.413. The van der Waals surface area contributed by atoms with Gasteiger partial charge in [0, 0.05) is 22.6 Å². The molecule has 2 heterocycles. The summed E-state index contributed by atoms with van der Waals surface area (Å²) in [6, 6.07) is 8.71. The van der Waals surface area contributed by atoms with Gasteiger partial charge in [0.1, 0.15) is 0 Å². The number of aromatic nitrogens is 1. The second kappa shape index (κ2) is 8.13. The van der Waals surface area contributed by atoms with Crippen molar-refractivity contribution >= 4 is 23.6 Å². The van der Waals surface area contributed by atoms with Crippen molar-refractivity contribution in [1.29, 1.82) is 0 Å². The van der Waals surface area contributed by atoms with Crippen LogP contribution in [-0.4, -0.2) is 46.7 Å². The molecular weight excluding hydrogens is 396 g/mol. The van der Waals surface area contributed by atoms with E-state index >= 15 is 0 Å². The molecule has 2 amide bonds. The molecule has 7 nitrogen and oxygen atoms in total. The average molecular weight is 422 g/mol. The zero-order valence-corrected chi connectivity index (χ0v) is 18.0. The summed E-state index contributed by atoms with van der Waals surface area (Å²) in [5.74, 6) is -1.56. The number of ether oxygens (including phenoxy) is 1. The molecule has 0 spiro atoms. The molecule has 1 saturated carbocycles. The third-order valence-electron chi connectivity index (χ3n) is 6.51. The van der Waals surface area contributed by atoms with Crippen molar-refractivity contribution in [1.82, 2.24) is 9.47 Å². The number of rotatable bonds is 5. The van der Waals surface area contributed by atoms with Crippen molar-refractivity contribution in [2.75, 3.05) is 13.7 Å². The van der Waals surface area contributed by atoms with E-state index in [-0.39, 0.29) is 36.0 Å². The summed E-state index contributed by atoms with van der Waals surface area (Å²) in [6.45, 7) is 3.51. The lowest BCUT2D eigenvalue weighted by molar-refractivity contribution is -0.139. The predicted octanol–water partition coefficient (Wildman–Crippen LogP) is 3.24. The topological polar surface area (TPSA) is 85.7 Å². The van der Waals surface area contributed by atoms with Gasteiger partial charge in [0.2, 0.25) is 11.8 Å². The van der Waals surface area contributed by atoms with Crippen LogP contribution in [-0.2, 0) is 14.3 Å². The maximum Gasteiger partial charge on any atom is 0.337 e. The van der Waals surface area contributed by atoms with E-state index in [9.17, 15) is 19.2 Å². The van der Waals surface area contributed by atoms with Crippen LogP contribution in [0.4, 0.5) is 0 Å². The largest absolute Gasteiger partial charge is 0.465 e. The van der Waals surface area contributed by atoms with Gasteiger partial charge in [0.25, 0.3) is 0 Å². The van der Waals surface area contributed by atoms with Gasteiger partial charge in [0.05, 0.1) is 31.1 Å². The minimum Gasteiger partial charge on any atom is -0.465 e. The number of carbonyl (C=O) groups is 4. The quantitative estimate of drug-likeness (QED) is 0.420. The average Bonchev–Trinajstić information content (AvgIpc) is 3.21. The first kappa shape index (κ1) is 21.0. The summed E-state index contributed by atoms with van der Waals surface area (Å²) in [5, 5.41) is 0. The molecule has 162 valence electrons. The highest BCUT2D eigenvalue weighted by Crippen LogP contribution is 2.38. The molecular formula is C24H26N2O5. The molecule has 1 aliphatic heterocycles. The zero-order valence-electron chi connectivity index (χ0n) is 18.0. The third-order valence-corrected chi connectivity index (χ3v) is 6.51. The molecule has 0 bridgehead atoms. The Morgan fingerprint density at radius 1 is 1.00 bits per heavy atom. The van der Waals surface area contributed by atoms with Crippen LogP contribution in [0, 0.1) is 25.7 Å². The molecule has 1 saturated heterocycles. The Hall–Kier alpha value is -3.22. The van der Waals surface area contributed by atoms with Crippen molar-refractivity contribution in [3.8, 4) is 5.69 Å². The van der Waals surface area contributed by atoms with Crippen molar-refractivity contribution < 1.29 is 23.9 Å². The first-order chi connectivity index (χ1) is 14.8. The lowest BCUT2D eigenvalue weighted by atomic mass is 9.81. The molecule has 7 heteroatoms. The fourth-order valence-corrected chi connectivity index (χ4v) is 4.92. The molecule has 2 aromatic rings. The van der Waals surface area contributed by atoms with E-state index in [0.717, 1.165) is 42.8 Å². The number of hydrogen-bond donors (Lipinski definition) is 0. The lowest BCUT2D eigenvalue weighted by Gasteiger charge is -2.19. The molecule has 2 atom stereocenters. The Labute approximate surface area is 181 Å². The zero-order chi connectivity index (χ0) is 22.3. The number of amides is 2. The number of aryl methyl sites for hydroxylation is 1. The summed E-state index contributed by atoms with van der Waals surface area (Å²) < 4.78 is 6.65. The van der Waals surface area contributed by atoms with Gasteiger partial charge in [-0.25, -0.2) is 4.79 Å². The van der Waals surface area contributed by atoms with E-state index in [0.29, 0.717) is 11.1 Å². The van der Waals surface area contributed by atoms with Crippen molar-refractivity contribution in [3.63, 3.8) is 0 Å². The van der Waals surface area contributed by atoms with Gasteiger partial charge in [-0.1, -0.05) is 12.8 Å². The highest BCUT2D eigenvalue weighted by molar-refractivity contribution is 6.10. The summed E-state index contributed by atoms with van der Waals surface area (Å²) in [4.78, 5) is 51.3. The molecule has 31 heavy (non-hydrogen) atoms. The van der Waals surface area contributed by atoms with Gasteiger partial charge in [-0.05, 0) is 57.0 Å². The molecule has 0 N–H and O–H groups in total. The van der Waals surface area contributed by atoms with Gasteiger partial charge in [-0.3, -0.25) is 19.3 Å². The number of carbonyl (C=O) groups excluding carboxylic acids is 4. The molecule has 1 aromatic carbocycles. The Bertz CT molecular complexity index is 1040. The van der Waals surface area contributed by atoms with Crippen LogP contribution in [0.3, 0.4) is 0 Å². The van der Waals surface area contributed by atoms with Crippen molar-refractivity contribution in [2.24, 2.45) is 11.8 Å². The number of imide groups is 1. The van der Waals surface area contributed by atoms with Crippen LogP contribution in [0.5, 0.6) is 0 Å². The number of Topliss-reactive ketones (excluding diaryl/α,β-unsaturated/α-hetero) is 1. The van der Waals surface area contributed by atoms with Crippen LogP contribution in [0.25, 0.3) is 5.69 Å². The first-order valence-electron chi connectivity index (χ1n) is 10.6. The maximum atomic E-state index is 13.1. The van der Waals surface area contributed by atoms with E-state index < -0.39 is 5.97 Å². The molecule has 2 unspecified atom stereocenters. The van der Waals surface area contributed by atoms with Gasteiger partial charge in [0.15, 0.2) is 5.78 Å². The Morgan fingerprint density at radius 3 is 2.13 bits per heavy atom. The summed E-state index contributed by atoms with van der Waals surface area (Å²) in [5.41, 5.74) is 3.31. The smallest absolute Gasteiger partial charge is 0.337 e. The van der Waals surface area contributed by atoms with Gasteiger partial charge >= 0.3 is 5.97 Å². The standard InChI is InChI=1S/C24H26N2O5/c1-14-12-20(15(2)26(14)17-10-8-16(9-11-17)24(30)31-3)21(27)13-25-22(28)18-6-4-5-7-19(18)23(25)29/h8-12,18-19H,4-7,13H2,1-3H3. The van der Waals surface area contributed by atoms with Crippen LogP contribution in [0.1, 0.15) is 57.8 Å². The van der Waals surface area contributed by atoms with E-state index in [4.69, 9.17) is 4.74 Å². The highest BCUT2D eigenvalue weighted by atomic mass is 16.5. The molecule has 0 radical (unpaired) electrons. The highest BCUT2D eigenvalue weighted by Gasteiger charge is 2.48. The molecule has 1 aromatic heterocycles. The van der Waals surface area contributed by atoms with Crippen molar-refractivity contribution in [3.05, 3.63) is 52.8 Å². The van der Waals surface area contributed by atoms with Gasteiger partial charge < -0.3 is 9.30 Å². The molecule has 2 fully saturated rings. The number of nitrogens with zero attached hydrogens (tertiary/aromatic N) is 2. The van der Waals surface area contributed by atoms with Crippen molar-refractivity contribution in [2.45, 2.75) is 39.5 Å². The van der Waals surface area contributed by atoms with Crippen LogP contribution in [0.15, 0.2) is 30.3 Å². The summed E-state index contributed by atoms with van der Waals surface area (Å²) in [7, 11) is 1.33. The van der Waals surface area contributed by atoms with E-state index in [1.54, 1.807) is 30.3 Å². The fraction of sp³-hybridized carbons (Fsp3) is 0.417. The fourth-order valence-electron chi connectivity index (χ4n) is 4.92. The number of likely N-dealkylation sites (tertiary alicyclic amines) is 1. The predicted molar refractivity (Wildman–Crippen MR) is 113 cm³/mol. The minimum absolute atomic E-state index is 0.199. The second-order valence-electron chi connectivity index (χ2n) is 8.34. The van der Waals surface area contributed by atoms with Gasteiger partial charge in [-0.2, -0.15) is 0 Å². The Kier molecular flexibility index (Phi) is 5.52. The van der Waals surface area contributed by atoms with Crippen LogP contribution >= 0.6 is 0 Å². The normalized spacial score (nSPS) is 20.7. The maximum absolute atomic E-state index is 13.1. The Balaban J connectivity index is 1.57. The SMILES string of the molecule is COC(=O)c1ccc(-n2c(C)cc(C(=O)CN3C(=O)C4CCCCC4C3=O)c2C)cc1. The molecule has 4 rings (SSSR count). The summed E-state index contributed by atoms with van der Waals surface area (Å²) >= 11 is 0. The molecule has 2 aliphatic rings. The molecule has 1 aliphatic carbocycles.